The van der Waals surface area contributed by atoms with Crippen molar-refractivity contribution in [1.82, 2.24) is 4.98 Å². The second kappa shape index (κ2) is 6.78. The summed E-state index contributed by atoms with van der Waals surface area (Å²) in [6.07, 6.45) is 4.34. The van der Waals surface area contributed by atoms with Gasteiger partial charge in [-0.1, -0.05) is 41.2 Å². The molecule has 5 nitrogen and oxygen atoms in total. The van der Waals surface area contributed by atoms with Gasteiger partial charge in [0.2, 0.25) is 5.91 Å². The highest BCUT2D eigenvalue weighted by Crippen LogP contribution is 2.28. The number of thiazole rings is 1. The van der Waals surface area contributed by atoms with Gasteiger partial charge in [0.05, 0.1) is 15.1 Å². The molecule has 0 aliphatic heterocycles. The van der Waals surface area contributed by atoms with Gasteiger partial charge in [0.15, 0.2) is 15.0 Å². The molecule has 0 aliphatic carbocycles. The van der Waals surface area contributed by atoms with E-state index in [2.05, 4.69) is 10.3 Å². The van der Waals surface area contributed by atoms with Crippen LogP contribution >= 0.6 is 11.3 Å². The van der Waals surface area contributed by atoms with Gasteiger partial charge in [-0.15, -0.1) is 0 Å². The van der Waals surface area contributed by atoms with Gasteiger partial charge in [-0.3, -0.25) is 10.1 Å². The van der Waals surface area contributed by atoms with Crippen molar-refractivity contribution in [1.29, 1.82) is 0 Å². The number of aromatic nitrogens is 1. The lowest BCUT2D eigenvalue weighted by molar-refractivity contribution is -0.111. The van der Waals surface area contributed by atoms with E-state index >= 15 is 0 Å². The molecule has 0 aliphatic rings. The van der Waals surface area contributed by atoms with E-state index in [4.69, 9.17) is 0 Å². The van der Waals surface area contributed by atoms with E-state index < -0.39 is 9.84 Å². The lowest BCUT2D eigenvalue weighted by Gasteiger charge is -1.97. The normalized spacial score (nSPS) is 11.9. The minimum atomic E-state index is -3.27. The topological polar surface area (TPSA) is 76.1 Å². The molecule has 128 valence electrons. The molecular weight excluding hydrogens is 356 g/mol. The summed E-state index contributed by atoms with van der Waals surface area (Å²) < 4.78 is 23.9. The number of nitrogens with one attached hydrogen (secondary N) is 1. The number of nitrogens with zero attached hydrogens (tertiary/aromatic N) is 1. The number of carbonyl (C=O) groups excluding carboxylic acids is 1. The van der Waals surface area contributed by atoms with Crippen molar-refractivity contribution < 1.29 is 13.2 Å². The molecule has 0 spiro atoms. The highest BCUT2D eigenvalue weighted by molar-refractivity contribution is 7.90. The second-order valence-corrected chi connectivity index (χ2v) is 8.70. The van der Waals surface area contributed by atoms with E-state index in [1.165, 1.54) is 23.5 Å². The fraction of sp³-hybridized carbons (Fsp3) is 0.111. The van der Waals surface area contributed by atoms with Crippen molar-refractivity contribution in [2.75, 3.05) is 11.6 Å². The number of hydrogen-bond acceptors (Lipinski definition) is 5. The average molecular weight is 372 g/mol. The highest BCUT2D eigenvalue weighted by atomic mass is 32.2. The standard InChI is InChI=1S/C18H16N2O3S2/c1-12-4-3-5-13(10-12)6-9-17(21)20-18-19-15-8-7-14(25(2,22)23)11-16(15)24-18/h3-11H,1-2H3,(H,19,20,21)/b9-6+. The zero-order valence-corrected chi connectivity index (χ0v) is 15.3. The highest BCUT2D eigenvalue weighted by Gasteiger charge is 2.11. The summed E-state index contributed by atoms with van der Waals surface area (Å²) in [6.45, 7) is 1.99. The first-order valence-corrected chi connectivity index (χ1v) is 10.2. The predicted molar refractivity (Wildman–Crippen MR) is 102 cm³/mol. The van der Waals surface area contributed by atoms with Crippen LogP contribution in [-0.2, 0) is 14.6 Å². The van der Waals surface area contributed by atoms with Crippen LogP contribution in [0.1, 0.15) is 11.1 Å². The maximum atomic E-state index is 12.0. The monoisotopic (exact) mass is 372 g/mol. The Balaban J connectivity index is 1.77. The van der Waals surface area contributed by atoms with Crippen molar-refractivity contribution in [3.63, 3.8) is 0 Å². The Kier molecular flexibility index (Phi) is 4.69. The third-order valence-electron chi connectivity index (χ3n) is 3.49. The first kappa shape index (κ1) is 17.3. The second-order valence-electron chi connectivity index (χ2n) is 5.66. The number of anilines is 1. The van der Waals surface area contributed by atoms with Crippen molar-refractivity contribution in [2.24, 2.45) is 0 Å². The minimum Gasteiger partial charge on any atom is -0.298 e. The van der Waals surface area contributed by atoms with Crippen LogP contribution in [0.15, 0.2) is 53.4 Å². The smallest absolute Gasteiger partial charge is 0.250 e. The molecule has 0 bridgehead atoms. The summed E-state index contributed by atoms with van der Waals surface area (Å²) >= 11 is 1.24. The SMILES string of the molecule is Cc1cccc(/C=C/C(=O)Nc2nc3ccc(S(C)(=O)=O)cc3s2)c1. The van der Waals surface area contributed by atoms with Gasteiger partial charge in [-0.25, -0.2) is 13.4 Å². The fourth-order valence-electron chi connectivity index (χ4n) is 2.28. The van der Waals surface area contributed by atoms with Gasteiger partial charge < -0.3 is 0 Å². The number of aryl methyl sites for hydroxylation is 1. The zero-order valence-electron chi connectivity index (χ0n) is 13.7. The molecule has 0 atom stereocenters. The molecule has 0 radical (unpaired) electrons. The van der Waals surface area contributed by atoms with Gasteiger partial charge in [0, 0.05) is 12.3 Å². The predicted octanol–water partition coefficient (Wildman–Crippen LogP) is 3.66. The minimum absolute atomic E-state index is 0.237. The number of sulfone groups is 1. The molecule has 0 unspecified atom stereocenters. The van der Waals surface area contributed by atoms with E-state index in [1.54, 1.807) is 18.2 Å². The largest absolute Gasteiger partial charge is 0.298 e. The van der Waals surface area contributed by atoms with Crippen molar-refractivity contribution in [3.8, 4) is 0 Å². The van der Waals surface area contributed by atoms with Crippen molar-refractivity contribution in [2.45, 2.75) is 11.8 Å². The van der Waals surface area contributed by atoms with Crippen molar-refractivity contribution >= 4 is 48.5 Å². The summed E-state index contributed by atoms with van der Waals surface area (Å²) in [4.78, 5) is 16.6. The first-order valence-electron chi connectivity index (χ1n) is 7.48. The Bertz CT molecular complexity index is 1080. The Labute approximate surface area is 150 Å². The molecule has 0 saturated heterocycles. The molecule has 1 amide bonds. The molecule has 1 aromatic heterocycles. The van der Waals surface area contributed by atoms with Gasteiger partial charge in [-0.2, -0.15) is 0 Å². The lowest BCUT2D eigenvalue weighted by atomic mass is 10.1. The van der Waals surface area contributed by atoms with Crippen LogP contribution < -0.4 is 5.32 Å². The molecule has 3 rings (SSSR count). The number of carbonyl (C=O) groups is 1. The fourth-order valence-corrected chi connectivity index (χ4v) is 3.91. The quantitative estimate of drug-likeness (QED) is 0.709. The van der Waals surface area contributed by atoms with Gasteiger partial charge >= 0.3 is 0 Å². The summed E-state index contributed by atoms with van der Waals surface area (Å²) in [7, 11) is -3.27. The third kappa shape index (κ3) is 4.32. The van der Waals surface area contributed by atoms with Crippen LogP contribution in [0.2, 0.25) is 0 Å². The van der Waals surface area contributed by atoms with Gasteiger partial charge in [-0.05, 0) is 36.8 Å². The van der Waals surface area contributed by atoms with Gasteiger partial charge in [0.1, 0.15) is 0 Å². The maximum Gasteiger partial charge on any atom is 0.250 e. The van der Waals surface area contributed by atoms with E-state index in [-0.39, 0.29) is 10.8 Å². The maximum absolute atomic E-state index is 12.0. The number of fused-ring (bicyclic) bond motifs is 1. The first-order chi connectivity index (χ1) is 11.8. The molecule has 7 heteroatoms. The van der Waals surface area contributed by atoms with E-state index in [0.717, 1.165) is 17.4 Å². The van der Waals surface area contributed by atoms with E-state index in [0.29, 0.717) is 15.3 Å². The lowest BCUT2D eigenvalue weighted by Crippen LogP contribution is -2.07. The average Bonchev–Trinajstić information content (AvgIpc) is 2.93. The number of benzene rings is 2. The van der Waals surface area contributed by atoms with E-state index in [9.17, 15) is 13.2 Å². The Morgan fingerprint density at radius 3 is 2.72 bits per heavy atom. The van der Waals surface area contributed by atoms with Crippen molar-refractivity contribution in [3.05, 3.63) is 59.7 Å². The summed E-state index contributed by atoms with van der Waals surface area (Å²) in [5, 5.41) is 3.14. The molecule has 2 aromatic carbocycles. The molecule has 1 heterocycles. The van der Waals surface area contributed by atoms with Crippen LogP contribution in [0, 0.1) is 6.92 Å². The zero-order chi connectivity index (χ0) is 18.0. The van der Waals surface area contributed by atoms with Gasteiger partial charge in [0.25, 0.3) is 0 Å². The number of hydrogen-bond donors (Lipinski definition) is 1. The Morgan fingerprint density at radius 2 is 2.00 bits per heavy atom. The number of amides is 1. The molecule has 0 fully saturated rings. The number of rotatable bonds is 4. The Morgan fingerprint density at radius 1 is 1.20 bits per heavy atom. The van der Waals surface area contributed by atoms with E-state index in [1.807, 2.05) is 31.2 Å². The summed E-state index contributed by atoms with van der Waals surface area (Å²) in [6, 6.07) is 12.5. The molecular formula is C18H16N2O3S2. The van der Waals surface area contributed by atoms with Crippen LogP contribution in [-0.4, -0.2) is 25.6 Å². The Hall–Kier alpha value is -2.51. The van der Waals surface area contributed by atoms with Crippen LogP contribution in [0.25, 0.3) is 16.3 Å². The summed E-state index contributed by atoms with van der Waals surface area (Å²) in [5.74, 6) is -0.288. The third-order valence-corrected chi connectivity index (χ3v) is 5.53. The van der Waals surface area contributed by atoms with Crippen LogP contribution in [0.5, 0.6) is 0 Å². The summed E-state index contributed by atoms with van der Waals surface area (Å²) in [5.41, 5.74) is 2.71. The molecule has 0 saturated carbocycles. The molecule has 1 N–H and O–H groups in total. The van der Waals surface area contributed by atoms with Crippen LogP contribution in [0.3, 0.4) is 0 Å². The molecule has 25 heavy (non-hydrogen) atoms. The van der Waals surface area contributed by atoms with Crippen LogP contribution in [0.4, 0.5) is 5.13 Å². The molecule has 3 aromatic rings.